The van der Waals surface area contributed by atoms with Crippen molar-refractivity contribution in [3.05, 3.63) is 45.9 Å². The van der Waals surface area contributed by atoms with E-state index in [0.29, 0.717) is 29.8 Å². The number of phenolic OH excluding ortho intramolecular Hbond substituents is 1. The van der Waals surface area contributed by atoms with Crippen molar-refractivity contribution in [2.45, 2.75) is 27.2 Å². The lowest BCUT2D eigenvalue weighted by Gasteiger charge is -2.16. The number of nitrogens with one attached hydrogen (secondary N) is 3. The first-order valence-electron chi connectivity index (χ1n) is 10.0. The predicted molar refractivity (Wildman–Crippen MR) is 123 cm³/mol. The van der Waals surface area contributed by atoms with Crippen molar-refractivity contribution in [2.24, 2.45) is 11.8 Å². The molecule has 1 unspecified atom stereocenters. The Kier molecular flexibility index (Phi) is 7.76. The van der Waals surface area contributed by atoms with E-state index in [4.69, 9.17) is 27.9 Å². The Balaban J connectivity index is 1.73. The normalized spacial score (nSPS) is 11.9. The highest BCUT2D eigenvalue weighted by atomic mass is 35.5. The van der Waals surface area contributed by atoms with Gasteiger partial charge in [0.1, 0.15) is 11.5 Å². The second-order valence-electron chi connectivity index (χ2n) is 7.86. The third kappa shape index (κ3) is 6.24. The summed E-state index contributed by atoms with van der Waals surface area (Å²) in [5, 5.41) is 29.7. The summed E-state index contributed by atoms with van der Waals surface area (Å²) < 4.78 is 5.82. The molecule has 0 aliphatic heterocycles. The summed E-state index contributed by atoms with van der Waals surface area (Å²) in [6, 6.07) is 7.52. The summed E-state index contributed by atoms with van der Waals surface area (Å²) in [6.45, 7) is 6.85. The molecule has 3 aromatic rings. The molecule has 0 saturated heterocycles. The van der Waals surface area contributed by atoms with Crippen LogP contribution in [0.5, 0.6) is 17.2 Å². The summed E-state index contributed by atoms with van der Waals surface area (Å²) in [4.78, 5) is 12.6. The highest BCUT2D eigenvalue weighted by Crippen LogP contribution is 2.40. The van der Waals surface area contributed by atoms with Crippen LogP contribution in [0.15, 0.2) is 30.3 Å². The number of benzene rings is 2. The van der Waals surface area contributed by atoms with Crippen LogP contribution in [0.25, 0.3) is 0 Å². The monoisotopic (exact) mass is 478 g/mol. The van der Waals surface area contributed by atoms with Crippen LogP contribution in [0.3, 0.4) is 0 Å². The molecule has 32 heavy (non-hydrogen) atoms. The zero-order chi connectivity index (χ0) is 23.3. The van der Waals surface area contributed by atoms with Gasteiger partial charge in [-0.3, -0.25) is 4.79 Å². The van der Waals surface area contributed by atoms with E-state index in [-0.39, 0.29) is 39.0 Å². The van der Waals surface area contributed by atoms with Crippen molar-refractivity contribution >= 4 is 40.7 Å². The zero-order valence-electron chi connectivity index (χ0n) is 17.8. The van der Waals surface area contributed by atoms with Crippen molar-refractivity contribution < 1.29 is 14.6 Å². The minimum atomic E-state index is -0.389. The molecule has 1 aromatic heterocycles. The fraction of sp³-hybridized carbons (Fsp3) is 0.333. The number of ether oxygens (including phenoxy) is 1. The highest BCUT2D eigenvalue weighted by Gasteiger charge is 2.17. The van der Waals surface area contributed by atoms with Gasteiger partial charge in [0.05, 0.1) is 15.6 Å². The molecule has 2 aromatic carbocycles. The lowest BCUT2D eigenvalue weighted by Crippen LogP contribution is -2.28. The molecule has 0 bridgehead atoms. The largest absolute Gasteiger partial charge is 0.507 e. The number of amides is 1. The van der Waals surface area contributed by atoms with Crippen LogP contribution in [0.4, 0.5) is 11.6 Å². The maximum Gasteiger partial charge on any atom is 0.267 e. The van der Waals surface area contributed by atoms with Crippen LogP contribution in [-0.2, 0) is 0 Å². The number of aromatic amines is 1. The highest BCUT2D eigenvalue weighted by molar-refractivity contribution is 6.37. The number of H-pyrrole nitrogens is 1. The van der Waals surface area contributed by atoms with Crippen LogP contribution in [0.2, 0.25) is 10.0 Å². The average Bonchev–Trinajstić information content (AvgIpc) is 3.22. The van der Waals surface area contributed by atoms with Gasteiger partial charge in [0.25, 0.3) is 11.9 Å². The Morgan fingerprint density at radius 1 is 1.19 bits per heavy atom. The van der Waals surface area contributed by atoms with E-state index in [9.17, 15) is 9.90 Å². The van der Waals surface area contributed by atoms with Gasteiger partial charge in [0, 0.05) is 12.2 Å². The molecule has 0 fully saturated rings. The molecule has 0 radical (unpaired) electrons. The Morgan fingerprint density at radius 3 is 2.53 bits per heavy atom. The van der Waals surface area contributed by atoms with Crippen molar-refractivity contribution in [3.63, 3.8) is 0 Å². The first-order chi connectivity index (χ1) is 15.2. The smallest absolute Gasteiger partial charge is 0.267 e. The molecule has 0 saturated carbocycles. The summed E-state index contributed by atoms with van der Waals surface area (Å²) in [6.07, 6.45) is 0.990. The van der Waals surface area contributed by atoms with E-state index in [1.165, 1.54) is 18.2 Å². The molecule has 1 atom stereocenters. The molecule has 3 rings (SSSR count). The van der Waals surface area contributed by atoms with Crippen molar-refractivity contribution in [1.29, 1.82) is 0 Å². The van der Waals surface area contributed by atoms with Crippen LogP contribution in [0, 0.1) is 11.8 Å². The Bertz CT molecular complexity index is 1050. The number of anilines is 2. The fourth-order valence-electron chi connectivity index (χ4n) is 3.20. The van der Waals surface area contributed by atoms with Gasteiger partial charge in [0.15, 0.2) is 5.75 Å². The second-order valence-corrected chi connectivity index (χ2v) is 8.67. The molecule has 9 nitrogen and oxygen atoms in total. The number of halogens is 2. The van der Waals surface area contributed by atoms with Gasteiger partial charge in [-0.05, 0) is 53.8 Å². The van der Waals surface area contributed by atoms with Gasteiger partial charge in [-0.2, -0.15) is 5.21 Å². The average molecular weight is 479 g/mol. The maximum atomic E-state index is 12.6. The number of hydrogen-bond acceptors (Lipinski definition) is 7. The van der Waals surface area contributed by atoms with Gasteiger partial charge in [-0.25, -0.2) is 0 Å². The summed E-state index contributed by atoms with van der Waals surface area (Å²) in [5.41, 5.74) is 0.636. The third-order valence-corrected chi connectivity index (χ3v) is 5.08. The van der Waals surface area contributed by atoms with Gasteiger partial charge >= 0.3 is 0 Å². The molecular weight excluding hydrogens is 455 g/mol. The number of aromatic nitrogens is 4. The van der Waals surface area contributed by atoms with Crippen LogP contribution in [-0.4, -0.2) is 38.2 Å². The van der Waals surface area contributed by atoms with E-state index < -0.39 is 0 Å². The molecule has 11 heteroatoms. The van der Waals surface area contributed by atoms with E-state index in [0.717, 1.165) is 6.42 Å². The first-order valence-corrected chi connectivity index (χ1v) is 10.8. The lowest BCUT2D eigenvalue weighted by atomic mass is 9.99. The minimum absolute atomic E-state index is 0.0990. The van der Waals surface area contributed by atoms with Crippen molar-refractivity contribution in [2.75, 3.05) is 11.9 Å². The number of tetrazole rings is 1. The number of nitrogens with zero attached hydrogens (tertiary/aromatic N) is 3. The Labute approximate surface area is 195 Å². The summed E-state index contributed by atoms with van der Waals surface area (Å²) in [7, 11) is 0. The Hall–Kier alpha value is -3.04. The molecule has 0 spiro atoms. The third-order valence-electron chi connectivity index (χ3n) is 4.52. The number of rotatable bonds is 9. The van der Waals surface area contributed by atoms with Crippen LogP contribution in [0.1, 0.15) is 37.6 Å². The summed E-state index contributed by atoms with van der Waals surface area (Å²) in [5.74, 6) is 1.07. The number of phenols is 1. The van der Waals surface area contributed by atoms with E-state index in [2.05, 4.69) is 52.0 Å². The Morgan fingerprint density at radius 2 is 1.91 bits per heavy atom. The molecule has 0 aliphatic rings. The van der Waals surface area contributed by atoms with E-state index in [1.54, 1.807) is 12.1 Å². The molecular formula is C21H24Cl2N6O3. The van der Waals surface area contributed by atoms with Crippen molar-refractivity contribution in [1.82, 2.24) is 25.9 Å². The maximum absolute atomic E-state index is 12.6. The number of aromatic hydroxyl groups is 1. The molecule has 170 valence electrons. The van der Waals surface area contributed by atoms with Crippen LogP contribution >= 0.6 is 23.2 Å². The standard InChI is InChI=1S/C21H24Cl2N6O3/c1-11(2)6-12(3)10-24-20(31)15-9-14(4-5-18(15)30)32-19-16(22)7-13(8-17(19)23)25-21-26-28-29-27-21/h4-5,7-9,11-12,30H,6,10H2,1-3H3,(H,24,31)(H2,25,26,27,28,29). The second kappa shape index (κ2) is 10.5. The molecule has 1 heterocycles. The lowest BCUT2D eigenvalue weighted by molar-refractivity contribution is 0.0943. The SMILES string of the molecule is CC(C)CC(C)CNC(=O)c1cc(Oc2c(Cl)cc(Nc3nn[nH]n3)cc2Cl)ccc1O. The molecule has 1 amide bonds. The minimum Gasteiger partial charge on any atom is -0.507 e. The fourth-order valence-corrected chi connectivity index (χ4v) is 3.77. The number of carbonyl (C=O) groups is 1. The van der Waals surface area contributed by atoms with E-state index in [1.807, 2.05) is 0 Å². The topological polar surface area (TPSA) is 125 Å². The van der Waals surface area contributed by atoms with Crippen molar-refractivity contribution in [3.8, 4) is 17.2 Å². The van der Waals surface area contributed by atoms with Gasteiger partial charge in [0.2, 0.25) is 0 Å². The molecule has 4 N–H and O–H groups in total. The van der Waals surface area contributed by atoms with Gasteiger partial charge in [-0.15, -0.1) is 5.10 Å². The van der Waals surface area contributed by atoms with Crippen LogP contribution < -0.4 is 15.4 Å². The number of carbonyl (C=O) groups excluding carboxylic acids is 1. The predicted octanol–water partition coefficient (Wildman–Crippen LogP) is 5.16. The number of hydrogen-bond donors (Lipinski definition) is 4. The molecule has 0 aliphatic carbocycles. The summed E-state index contributed by atoms with van der Waals surface area (Å²) >= 11 is 12.7. The quantitative estimate of drug-likeness (QED) is 0.334. The van der Waals surface area contributed by atoms with E-state index >= 15 is 0 Å². The first kappa shape index (κ1) is 23.6. The van der Waals surface area contributed by atoms with Gasteiger partial charge < -0.3 is 20.5 Å². The van der Waals surface area contributed by atoms with Gasteiger partial charge in [-0.1, -0.05) is 49.1 Å². The zero-order valence-corrected chi connectivity index (χ0v) is 19.3.